The van der Waals surface area contributed by atoms with Crippen LogP contribution in [0.2, 0.25) is 0 Å². The van der Waals surface area contributed by atoms with Crippen LogP contribution in [0, 0.1) is 11.8 Å². The summed E-state index contributed by atoms with van der Waals surface area (Å²) in [6, 6.07) is 5.24. The molecule has 1 rings (SSSR count). The maximum atomic E-state index is 12.1. The number of carboxylic acids is 2. The van der Waals surface area contributed by atoms with Gasteiger partial charge >= 0.3 is 11.9 Å². The van der Waals surface area contributed by atoms with Crippen LogP contribution in [0.5, 0.6) is 5.75 Å². The summed E-state index contributed by atoms with van der Waals surface area (Å²) in [7, 11) is 0. The smallest absolute Gasteiger partial charge is 0.311 e. The van der Waals surface area contributed by atoms with E-state index in [0.29, 0.717) is 29.7 Å². The highest BCUT2D eigenvalue weighted by Crippen LogP contribution is 2.40. The van der Waals surface area contributed by atoms with E-state index in [-0.39, 0.29) is 11.8 Å². The van der Waals surface area contributed by atoms with Crippen molar-refractivity contribution in [1.29, 1.82) is 0 Å². The monoisotopic (exact) mass is 378 g/mol. The van der Waals surface area contributed by atoms with E-state index in [4.69, 9.17) is 4.74 Å². The average molecular weight is 379 g/mol. The molecular weight excluding hydrogens is 344 g/mol. The van der Waals surface area contributed by atoms with Crippen LogP contribution in [-0.4, -0.2) is 27.8 Å². The molecule has 1 aromatic rings. The molecule has 0 aliphatic rings. The third-order valence-electron chi connectivity index (χ3n) is 4.25. The molecule has 0 fully saturated rings. The molecule has 2 N–H and O–H groups in total. The molecule has 0 amide bonds. The molecule has 0 saturated carbocycles. The zero-order chi connectivity index (χ0) is 20.9. The third-order valence-corrected chi connectivity index (χ3v) is 4.25. The predicted octanol–water partition coefficient (Wildman–Crippen LogP) is 5.29. The fraction of sp³-hybridized carbons (Fsp3) is 0.636. The molecular formula is C22H34O5. The SMILES string of the molecule is CC(C)CC(C(=O)O)c1cccc(OC(C)(C)C)c1C(CC(C)C)C(=O)O. The molecule has 0 bridgehead atoms. The molecule has 0 aromatic heterocycles. The van der Waals surface area contributed by atoms with Gasteiger partial charge in [-0.15, -0.1) is 0 Å². The summed E-state index contributed by atoms with van der Waals surface area (Å²) in [6.07, 6.45) is 0.857. The van der Waals surface area contributed by atoms with E-state index in [0.717, 1.165) is 0 Å². The summed E-state index contributed by atoms with van der Waals surface area (Å²) in [5, 5.41) is 19.8. The van der Waals surface area contributed by atoms with E-state index >= 15 is 0 Å². The molecule has 2 atom stereocenters. The fourth-order valence-corrected chi connectivity index (χ4v) is 3.30. The van der Waals surface area contributed by atoms with Crippen molar-refractivity contribution in [3.8, 4) is 5.75 Å². The number of ether oxygens (including phenoxy) is 1. The summed E-state index contributed by atoms with van der Waals surface area (Å²) in [5.74, 6) is -2.70. The number of hydrogen-bond donors (Lipinski definition) is 2. The topological polar surface area (TPSA) is 83.8 Å². The van der Waals surface area contributed by atoms with E-state index in [1.807, 2.05) is 48.5 Å². The zero-order valence-electron chi connectivity index (χ0n) is 17.6. The first-order valence-corrected chi connectivity index (χ1v) is 9.60. The van der Waals surface area contributed by atoms with Gasteiger partial charge in [-0.1, -0.05) is 39.8 Å². The maximum absolute atomic E-state index is 12.1. The van der Waals surface area contributed by atoms with E-state index in [2.05, 4.69) is 0 Å². The summed E-state index contributed by atoms with van der Waals surface area (Å²) < 4.78 is 6.06. The minimum absolute atomic E-state index is 0.148. The van der Waals surface area contributed by atoms with Gasteiger partial charge in [0, 0.05) is 5.56 Å². The van der Waals surface area contributed by atoms with Crippen molar-refractivity contribution >= 4 is 11.9 Å². The quantitative estimate of drug-likeness (QED) is 0.610. The van der Waals surface area contributed by atoms with Crippen LogP contribution in [0.25, 0.3) is 0 Å². The van der Waals surface area contributed by atoms with Crippen molar-refractivity contribution < 1.29 is 24.5 Å². The van der Waals surface area contributed by atoms with Gasteiger partial charge in [0.2, 0.25) is 0 Å². The lowest BCUT2D eigenvalue weighted by Crippen LogP contribution is -2.27. The van der Waals surface area contributed by atoms with Gasteiger partial charge in [0.25, 0.3) is 0 Å². The Morgan fingerprint density at radius 1 is 0.926 bits per heavy atom. The number of aliphatic carboxylic acids is 2. The molecule has 0 aliphatic carbocycles. The average Bonchev–Trinajstić information content (AvgIpc) is 2.48. The second-order valence-electron chi connectivity index (χ2n) is 9.01. The summed E-state index contributed by atoms with van der Waals surface area (Å²) >= 11 is 0. The van der Waals surface area contributed by atoms with Gasteiger partial charge in [-0.3, -0.25) is 9.59 Å². The third kappa shape index (κ3) is 6.89. The van der Waals surface area contributed by atoms with Crippen LogP contribution in [0.1, 0.15) is 84.3 Å². The molecule has 0 spiro atoms. The number of benzene rings is 1. The summed E-state index contributed by atoms with van der Waals surface area (Å²) in [5.41, 5.74) is 0.526. The Hall–Kier alpha value is -2.04. The Labute approximate surface area is 162 Å². The first-order chi connectivity index (χ1) is 12.3. The number of carbonyl (C=O) groups is 2. The molecule has 5 heteroatoms. The highest BCUT2D eigenvalue weighted by molar-refractivity contribution is 5.82. The Balaban J connectivity index is 3.68. The maximum Gasteiger partial charge on any atom is 0.311 e. The Kier molecular flexibility index (Phi) is 7.88. The lowest BCUT2D eigenvalue weighted by Gasteiger charge is -2.29. The van der Waals surface area contributed by atoms with Crippen LogP contribution in [-0.2, 0) is 9.59 Å². The number of rotatable bonds is 9. The van der Waals surface area contributed by atoms with Gasteiger partial charge in [0.05, 0.1) is 11.8 Å². The standard InChI is InChI=1S/C22H34O5/c1-13(2)11-16(20(23)24)15-9-8-10-18(27-22(5,6)7)19(15)17(21(25)26)12-14(3)4/h8-10,13-14,16-17H,11-12H2,1-7H3,(H,23,24)(H,25,26). The molecule has 0 radical (unpaired) electrons. The Bertz CT molecular complexity index is 655. The fourth-order valence-electron chi connectivity index (χ4n) is 3.30. The van der Waals surface area contributed by atoms with Crippen LogP contribution >= 0.6 is 0 Å². The molecule has 0 aliphatic heterocycles. The van der Waals surface area contributed by atoms with Crippen LogP contribution in [0.3, 0.4) is 0 Å². The van der Waals surface area contributed by atoms with Crippen LogP contribution in [0.15, 0.2) is 18.2 Å². The highest BCUT2D eigenvalue weighted by atomic mass is 16.5. The van der Waals surface area contributed by atoms with Crippen molar-refractivity contribution in [3.05, 3.63) is 29.3 Å². The van der Waals surface area contributed by atoms with Crippen molar-refractivity contribution in [1.82, 2.24) is 0 Å². The van der Waals surface area contributed by atoms with Crippen LogP contribution in [0.4, 0.5) is 0 Å². The lowest BCUT2D eigenvalue weighted by molar-refractivity contribution is -0.141. The summed E-state index contributed by atoms with van der Waals surface area (Å²) in [6.45, 7) is 13.5. The normalized spacial score (nSPS) is 14.3. The minimum atomic E-state index is -0.955. The van der Waals surface area contributed by atoms with E-state index in [9.17, 15) is 19.8 Å². The van der Waals surface area contributed by atoms with Gasteiger partial charge in [-0.05, 0) is 57.1 Å². The van der Waals surface area contributed by atoms with Crippen molar-refractivity contribution in [3.63, 3.8) is 0 Å². The molecule has 1 aromatic carbocycles. The molecule has 0 heterocycles. The van der Waals surface area contributed by atoms with Crippen molar-refractivity contribution in [2.75, 3.05) is 0 Å². The summed E-state index contributed by atoms with van der Waals surface area (Å²) in [4.78, 5) is 24.1. The first-order valence-electron chi connectivity index (χ1n) is 9.60. The molecule has 0 saturated heterocycles. The predicted molar refractivity (Wildman–Crippen MR) is 106 cm³/mol. The Morgan fingerprint density at radius 2 is 1.41 bits per heavy atom. The molecule has 2 unspecified atom stereocenters. The number of carboxylic acid groups (broad SMARTS) is 2. The highest BCUT2D eigenvalue weighted by Gasteiger charge is 2.33. The van der Waals surface area contributed by atoms with E-state index in [1.54, 1.807) is 18.2 Å². The largest absolute Gasteiger partial charge is 0.488 e. The van der Waals surface area contributed by atoms with Gasteiger partial charge < -0.3 is 14.9 Å². The molecule has 152 valence electrons. The first kappa shape index (κ1) is 23.0. The van der Waals surface area contributed by atoms with Crippen LogP contribution < -0.4 is 4.74 Å². The second-order valence-corrected chi connectivity index (χ2v) is 9.01. The van der Waals surface area contributed by atoms with Crippen molar-refractivity contribution in [2.45, 2.75) is 78.7 Å². The van der Waals surface area contributed by atoms with Gasteiger partial charge in [-0.2, -0.15) is 0 Å². The van der Waals surface area contributed by atoms with Gasteiger partial charge in [0.15, 0.2) is 0 Å². The minimum Gasteiger partial charge on any atom is -0.488 e. The molecule has 5 nitrogen and oxygen atoms in total. The van der Waals surface area contributed by atoms with Crippen molar-refractivity contribution in [2.24, 2.45) is 11.8 Å². The number of hydrogen-bond acceptors (Lipinski definition) is 3. The second kappa shape index (κ2) is 9.25. The zero-order valence-corrected chi connectivity index (χ0v) is 17.6. The van der Waals surface area contributed by atoms with E-state index in [1.165, 1.54) is 0 Å². The Morgan fingerprint density at radius 3 is 1.81 bits per heavy atom. The van der Waals surface area contributed by atoms with Gasteiger partial charge in [-0.25, -0.2) is 0 Å². The van der Waals surface area contributed by atoms with E-state index < -0.39 is 29.4 Å². The molecule has 27 heavy (non-hydrogen) atoms. The lowest BCUT2D eigenvalue weighted by atomic mass is 9.80. The van der Waals surface area contributed by atoms with Gasteiger partial charge in [0.1, 0.15) is 11.4 Å².